The van der Waals surface area contributed by atoms with Crippen LogP contribution in [0.4, 0.5) is 11.4 Å². The first-order valence-electron chi connectivity index (χ1n) is 11.4. The quantitative estimate of drug-likeness (QED) is 0.197. The van der Waals surface area contributed by atoms with E-state index in [2.05, 4.69) is 0 Å². The van der Waals surface area contributed by atoms with E-state index in [1.807, 2.05) is 38.1 Å². The summed E-state index contributed by atoms with van der Waals surface area (Å²) >= 11 is 0. The number of aryl methyl sites for hydroxylation is 2. The van der Waals surface area contributed by atoms with Crippen molar-refractivity contribution in [2.24, 2.45) is 0 Å². The molecule has 4 aromatic carbocycles. The molecule has 0 saturated carbocycles. The molecule has 188 valence electrons. The van der Waals surface area contributed by atoms with Gasteiger partial charge < -0.3 is 0 Å². The lowest BCUT2D eigenvalue weighted by Crippen LogP contribution is -2.23. The molecule has 37 heavy (non-hydrogen) atoms. The third-order valence-electron chi connectivity index (χ3n) is 6.23. The second kappa shape index (κ2) is 10.3. The van der Waals surface area contributed by atoms with E-state index in [1.54, 1.807) is 24.3 Å². The van der Waals surface area contributed by atoms with Crippen LogP contribution in [0.3, 0.4) is 0 Å². The van der Waals surface area contributed by atoms with E-state index >= 15 is 0 Å². The highest BCUT2D eigenvalue weighted by Crippen LogP contribution is 2.43. The van der Waals surface area contributed by atoms with E-state index in [0.717, 1.165) is 11.1 Å². The van der Waals surface area contributed by atoms with Gasteiger partial charge in [-0.3, -0.25) is 20.2 Å². The lowest BCUT2D eigenvalue weighted by atomic mass is 10.0. The fourth-order valence-corrected chi connectivity index (χ4v) is 6.72. The molecule has 8 nitrogen and oxygen atoms in total. The predicted molar refractivity (Wildman–Crippen MR) is 141 cm³/mol. The second-order valence-electron chi connectivity index (χ2n) is 8.87. The highest BCUT2D eigenvalue weighted by atomic mass is 32.2. The molecule has 0 aliphatic rings. The Bertz CT molecular complexity index is 1420. The van der Waals surface area contributed by atoms with Crippen molar-refractivity contribution >= 4 is 21.2 Å². The zero-order chi connectivity index (χ0) is 26.7. The molecule has 2 atom stereocenters. The molecule has 0 N–H and O–H groups in total. The lowest BCUT2D eigenvalue weighted by Gasteiger charge is -2.26. The maximum Gasteiger partial charge on any atom is 0.269 e. The van der Waals surface area contributed by atoms with Gasteiger partial charge in [0.25, 0.3) is 11.4 Å². The zero-order valence-electron chi connectivity index (χ0n) is 20.1. The van der Waals surface area contributed by atoms with Crippen molar-refractivity contribution in [3.05, 3.63) is 151 Å². The van der Waals surface area contributed by atoms with Gasteiger partial charge in [0.05, 0.1) is 9.85 Å². The molecule has 0 fully saturated rings. The number of hydrogen-bond donors (Lipinski definition) is 0. The molecule has 0 heterocycles. The summed E-state index contributed by atoms with van der Waals surface area (Å²) in [7, 11) is -4.11. The van der Waals surface area contributed by atoms with Gasteiger partial charge in [-0.25, -0.2) is 8.42 Å². The van der Waals surface area contributed by atoms with Gasteiger partial charge in [0.2, 0.25) is 0 Å². The molecule has 9 heteroatoms. The van der Waals surface area contributed by atoms with E-state index in [0.29, 0.717) is 22.3 Å². The van der Waals surface area contributed by atoms with Crippen LogP contribution < -0.4 is 0 Å². The maximum absolute atomic E-state index is 14.6. The molecule has 0 amide bonds. The molecule has 2 unspecified atom stereocenters. The van der Waals surface area contributed by atoms with Crippen molar-refractivity contribution in [3.8, 4) is 0 Å². The van der Waals surface area contributed by atoms with Gasteiger partial charge >= 0.3 is 0 Å². The number of sulfone groups is 1. The van der Waals surface area contributed by atoms with E-state index < -0.39 is 30.2 Å². The van der Waals surface area contributed by atoms with Crippen LogP contribution in [0.15, 0.2) is 97.1 Å². The summed E-state index contributed by atoms with van der Waals surface area (Å²) in [4.78, 5) is 21.3. The maximum atomic E-state index is 14.6. The first kappa shape index (κ1) is 25.7. The number of hydrogen-bond acceptors (Lipinski definition) is 6. The zero-order valence-corrected chi connectivity index (χ0v) is 21.0. The fraction of sp³-hybridized carbons (Fsp3) is 0.143. The van der Waals surface area contributed by atoms with Crippen molar-refractivity contribution < 1.29 is 18.3 Å². The van der Waals surface area contributed by atoms with Crippen LogP contribution in [0.1, 0.15) is 43.9 Å². The van der Waals surface area contributed by atoms with Crippen molar-refractivity contribution in [1.29, 1.82) is 0 Å². The summed E-state index contributed by atoms with van der Waals surface area (Å²) in [6.07, 6.45) is 0. The number of rotatable bonds is 8. The molecule has 0 spiro atoms. The summed E-state index contributed by atoms with van der Waals surface area (Å²) < 4.78 is 29.1. The Kier molecular flexibility index (Phi) is 7.17. The van der Waals surface area contributed by atoms with Crippen LogP contribution >= 0.6 is 0 Å². The Morgan fingerprint density at radius 1 is 0.514 bits per heavy atom. The van der Waals surface area contributed by atoms with Crippen LogP contribution in [-0.4, -0.2) is 18.3 Å². The Morgan fingerprint density at radius 2 is 0.757 bits per heavy atom. The van der Waals surface area contributed by atoms with E-state index in [9.17, 15) is 28.6 Å². The van der Waals surface area contributed by atoms with Crippen molar-refractivity contribution in [3.63, 3.8) is 0 Å². The SMILES string of the molecule is Cc1ccc(C(c2ccc([N+](=O)[O-])cc2)S(=O)(=O)C(c2ccc(C)cc2)c2ccc([N+](=O)[O-])cc2)cc1. The largest absolute Gasteiger partial charge is 0.269 e. The van der Waals surface area contributed by atoms with Crippen molar-refractivity contribution in [2.45, 2.75) is 24.3 Å². The Labute approximate surface area is 214 Å². The number of nitro groups is 2. The minimum atomic E-state index is -4.11. The van der Waals surface area contributed by atoms with Crippen molar-refractivity contribution in [2.75, 3.05) is 0 Å². The topological polar surface area (TPSA) is 120 Å². The van der Waals surface area contributed by atoms with Crippen molar-refractivity contribution in [1.82, 2.24) is 0 Å². The molecule has 4 rings (SSSR count). The Morgan fingerprint density at radius 3 is 1.00 bits per heavy atom. The highest BCUT2D eigenvalue weighted by molar-refractivity contribution is 7.92. The minimum absolute atomic E-state index is 0.144. The summed E-state index contributed by atoms with van der Waals surface area (Å²) in [5, 5.41) is 20.1. The number of benzene rings is 4. The van der Waals surface area contributed by atoms with Crippen LogP contribution in [0.5, 0.6) is 0 Å². The molecule has 0 aliphatic carbocycles. The molecular formula is C28H24N2O6S. The van der Waals surface area contributed by atoms with Gasteiger partial charge in [-0.15, -0.1) is 0 Å². The molecular weight excluding hydrogens is 492 g/mol. The van der Waals surface area contributed by atoms with Gasteiger partial charge in [0.15, 0.2) is 9.84 Å². The monoisotopic (exact) mass is 516 g/mol. The van der Waals surface area contributed by atoms with E-state index in [-0.39, 0.29) is 11.4 Å². The average Bonchev–Trinajstić information content (AvgIpc) is 2.87. The standard InChI is InChI=1S/C28H24N2O6S/c1-19-3-7-21(8-4-19)27(23-11-15-25(16-12-23)29(31)32)37(35,36)28(22-9-5-20(2)6-10-22)24-13-17-26(18-14-24)30(33)34/h3-18,27-28H,1-2H3. The minimum Gasteiger partial charge on any atom is -0.258 e. The smallest absolute Gasteiger partial charge is 0.258 e. The first-order chi connectivity index (χ1) is 17.6. The molecule has 4 aromatic rings. The third-order valence-corrected chi connectivity index (χ3v) is 8.63. The van der Waals surface area contributed by atoms with Crippen LogP contribution in [0.25, 0.3) is 0 Å². The Balaban J connectivity index is 1.94. The lowest BCUT2D eigenvalue weighted by molar-refractivity contribution is -0.385. The molecule has 0 aliphatic heterocycles. The van der Waals surface area contributed by atoms with E-state index in [4.69, 9.17) is 0 Å². The van der Waals surface area contributed by atoms with Crippen LogP contribution in [0.2, 0.25) is 0 Å². The normalized spacial score (nSPS) is 13.0. The summed E-state index contributed by atoms with van der Waals surface area (Å²) in [6.45, 7) is 3.79. The summed E-state index contributed by atoms with van der Waals surface area (Å²) in [6, 6.07) is 25.2. The molecule has 0 aromatic heterocycles. The van der Waals surface area contributed by atoms with Crippen LogP contribution in [0, 0.1) is 34.1 Å². The predicted octanol–water partition coefficient (Wildman–Crippen LogP) is 6.41. The highest BCUT2D eigenvalue weighted by Gasteiger charge is 2.38. The fourth-order valence-electron chi connectivity index (χ4n) is 4.30. The van der Waals surface area contributed by atoms with Gasteiger partial charge in [0, 0.05) is 24.3 Å². The number of nitrogens with zero attached hydrogens (tertiary/aromatic N) is 2. The molecule has 0 saturated heterocycles. The summed E-state index contributed by atoms with van der Waals surface area (Å²) in [5.74, 6) is 0. The average molecular weight is 517 g/mol. The van der Waals surface area contributed by atoms with E-state index in [1.165, 1.54) is 48.5 Å². The first-order valence-corrected chi connectivity index (χ1v) is 13.0. The van der Waals surface area contributed by atoms with Gasteiger partial charge in [-0.1, -0.05) is 83.9 Å². The molecule has 0 radical (unpaired) electrons. The molecule has 0 bridgehead atoms. The van der Waals surface area contributed by atoms with Gasteiger partial charge in [-0.05, 0) is 36.1 Å². The summed E-state index contributed by atoms with van der Waals surface area (Å²) in [5.41, 5.74) is 3.41. The number of non-ortho nitro benzene ring substituents is 2. The number of nitro benzene ring substituents is 2. The van der Waals surface area contributed by atoms with Crippen LogP contribution in [-0.2, 0) is 9.84 Å². The third kappa shape index (κ3) is 5.41. The second-order valence-corrected chi connectivity index (χ2v) is 11.0. The van der Waals surface area contributed by atoms with Gasteiger partial charge in [-0.2, -0.15) is 0 Å². The Hall–Kier alpha value is -4.37. The van der Waals surface area contributed by atoms with Gasteiger partial charge in [0.1, 0.15) is 10.5 Å².